The van der Waals surface area contributed by atoms with Crippen molar-refractivity contribution in [1.82, 2.24) is 14.9 Å². The largest absolute Gasteiger partial charge is 0.299 e. The molecule has 6 heteroatoms. The van der Waals surface area contributed by atoms with E-state index in [1.807, 2.05) is 26.0 Å². The molecule has 0 fully saturated rings. The van der Waals surface area contributed by atoms with Gasteiger partial charge in [-0.3, -0.25) is 4.90 Å². The van der Waals surface area contributed by atoms with Gasteiger partial charge in [-0.1, -0.05) is 12.1 Å². The second-order valence-corrected chi connectivity index (χ2v) is 7.91. The number of aromatic nitrogens is 2. The van der Waals surface area contributed by atoms with Crippen LogP contribution in [-0.2, 0) is 6.42 Å². The van der Waals surface area contributed by atoms with Gasteiger partial charge in [0.15, 0.2) is 11.6 Å². The molecule has 1 aliphatic rings. The monoisotopic (exact) mass is 411 g/mol. The fourth-order valence-corrected chi connectivity index (χ4v) is 3.84. The van der Waals surface area contributed by atoms with E-state index in [0.29, 0.717) is 13.0 Å². The number of benzene rings is 2. The highest BCUT2D eigenvalue weighted by Crippen LogP contribution is 2.29. The van der Waals surface area contributed by atoms with Crippen LogP contribution in [0.4, 0.5) is 13.2 Å². The lowest BCUT2D eigenvalue weighted by molar-refractivity contribution is 0.305. The van der Waals surface area contributed by atoms with Gasteiger partial charge < -0.3 is 0 Å². The van der Waals surface area contributed by atoms with Crippen LogP contribution in [0.3, 0.4) is 0 Å². The molecule has 3 nitrogen and oxygen atoms in total. The molecule has 0 saturated carbocycles. The Kier molecular flexibility index (Phi) is 5.60. The second kappa shape index (κ2) is 8.19. The molecule has 0 N–H and O–H groups in total. The average Bonchev–Trinajstić information content (AvgIpc) is 2.74. The number of aryl methyl sites for hydroxylation is 2. The molecular formula is C24H24F3N3. The van der Waals surface area contributed by atoms with Crippen molar-refractivity contribution in [1.29, 1.82) is 0 Å². The third-order valence-corrected chi connectivity index (χ3v) is 5.87. The highest BCUT2D eigenvalue weighted by Gasteiger charge is 2.20. The first-order chi connectivity index (χ1) is 14.3. The lowest BCUT2D eigenvalue weighted by Crippen LogP contribution is -2.30. The number of rotatable bonds is 4. The number of fused-ring (bicyclic) bond motifs is 1. The highest BCUT2D eigenvalue weighted by molar-refractivity contribution is 5.75. The van der Waals surface area contributed by atoms with Crippen LogP contribution in [0.2, 0.25) is 0 Å². The number of halogens is 3. The maximum Gasteiger partial charge on any atom is 0.164 e. The minimum absolute atomic E-state index is 0.171. The normalized spacial score (nSPS) is 14.9. The Morgan fingerprint density at radius 3 is 2.37 bits per heavy atom. The summed E-state index contributed by atoms with van der Waals surface area (Å²) in [5.74, 6) is -2.78. The van der Waals surface area contributed by atoms with Gasteiger partial charge in [0.05, 0.1) is 22.4 Å². The van der Waals surface area contributed by atoms with Crippen LogP contribution in [0, 0.1) is 38.2 Å². The Morgan fingerprint density at radius 1 is 0.933 bits per heavy atom. The molecular weight excluding hydrogens is 387 g/mol. The minimum Gasteiger partial charge on any atom is -0.299 e. The smallest absolute Gasteiger partial charge is 0.164 e. The van der Waals surface area contributed by atoms with Gasteiger partial charge in [0.2, 0.25) is 0 Å². The van der Waals surface area contributed by atoms with E-state index < -0.39 is 17.5 Å². The van der Waals surface area contributed by atoms with E-state index in [4.69, 9.17) is 0 Å². The molecule has 2 aromatic carbocycles. The van der Waals surface area contributed by atoms with Crippen LogP contribution in [0.25, 0.3) is 16.6 Å². The summed E-state index contributed by atoms with van der Waals surface area (Å²) in [5.41, 5.74) is 5.52. The predicted octanol–water partition coefficient (Wildman–Crippen LogP) is 5.30. The molecule has 2 heterocycles. The van der Waals surface area contributed by atoms with Crippen LogP contribution < -0.4 is 0 Å². The van der Waals surface area contributed by atoms with Gasteiger partial charge in [-0.15, -0.1) is 0 Å². The number of nitrogens with zero attached hydrogens (tertiary/aromatic N) is 3. The Balaban J connectivity index is 1.43. The maximum atomic E-state index is 14.4. The summed E-state index contributed by atoms with van der Waals surface area (Å²) in [4.78, 5) is 11.5. The molecule has 0 radical (unpaired) electrons. The van der Waals surface area contributed by atoms with Crippen molar-refractivity contribution >= 4 is 16.6 Å². The topological polar surface area (TPSA) is 29.0 Å². The first-order valence-electron chi connectivity index (χ1n) is 10.1. The summed E-state index contributed by atoms with van der Waals surface area (Å²) in [7, 11) is 0. The highest BCUT2D eigenvalue weighted by atomic mass is 19.2. The zero-order valence-electron chi connectivity index (χ0n) is 17.4. The van der Waals surface area contributed by atoms with E-state index in [-0.39, 0.29) is 11.1 Å². The molecule has 0 unspecified atom stereocenters. The molecule has 3 aromatic rings. The van der Waals surface area contributed by atoms with Crippen molar-refractivity contribution in [3.05, 3.63) is 75.9 Å². The van der Waals surface area contributed by atoms with Crippen molar-refractivity contribution < 1.29 is 13.2 Å². The van der Waals surface area contributed by atoms with Gasteiger partial charge in [0, 0.05) is 30.8 Å². The fraction of sp³-hybridized carbons (Fsp3) is 0.333. The molecule has 0 amide bonds. The lowest BCUT2D eigenvalue weighted by atomic mass is 9.96. The Morgan fingerprint density at radius 2 is 1.67 bits per heavy atom. The van der Waals surface area contributed by atoms with Crippen LogP contribution >= 0.6 is 0 Å². The quantitative estimate of drug-likeness (QED) is 0.545. The molecule has 156 valence electrons. The third-order valence-electron chi connectivity index (χ3n) is 5.87. The van der Waals surface area contributed by atoms with Crippen molar-refractivity contribution in [3.8, 4) is 0 Å². The lowest BCUT2D eigenvalue weighted by Gasteiger charge is -2.27. The second-order valence-electron chi connectivity index (χ2n) is 7.91. The Labute approximate surface area is 174 Å². The molecule has 1 aromatic heterocycles. The summed E-state index contributed by atoms with van der Waals surface area (Å²) in [6, 6.07) is 7.14. The average molecular weight is 411 g/mol. The van der Waals surface area contributed by atoms with Crippen molar-refractivity contribution in [2.24, 2.45) is 0 Å². The standard InChI is InChI=1S/C24H24F3N3/c1-14-23(26)19(13-20(25)24(14)27)18-7-10-30(11-8-18)9-6-17-4-5-21-22(12-17)29-16(3)15(2)28-21/h4-5,7,12-13H,6,8-11H2,1-3H3. The maximum absolute atomic E-state index is 14.4. The predicted molar refractivity (Wildman–Crippen MR) is 113 cm³/mol. The van der Waals surface area contributed by atoms with E-state index in [0.717, 1.165) is 53.6 Å². The summed E-state index contributed by atoms with van der Waals surface area (Å²) in [5, 5.41) is 0. The van der Waals surface area contributed by atoms with Gasteiger partial charge in [-0.05, 0) is 62.9 Å². The van der Waals surface area contributed by atoms with Gasteiger partial charge in [-0.2, -0.15) is 0 Å². The van der Waals surface area contributed by atoms with E-state index >= 15 is 0 Å². The zero-order chi connectivity index (χ0) is 21.4. The van der Waals surface area contributed by atoms with E-state index in [2.05, 4.69) is 27.0 Å². The fourth-order valence-electron chi connectivity index (χ4n) is 3.84. The Hall–Kier alpha value is -2.73. The molecule has 30 heavy (non-hydrogen) atoms. The molecule has 1 aliphatic heterocycles. The van der Waals surface area contributed by atoms with Gasteiger partial charge in [-0.25, -0.2) is 23.1 Å². The third kappa shape index (κ3) is 3.97. The van der Waals surface area contributed by atoms with Crippen molar-refractivity contribution in [2.45, 2.75) is 33.6 Å². The van der Waals surface area contributed by atoms with Crippen LogP contribution in [0.5, 0.6) is 0 Å². The molecule has 0 spiro atoms. The van der Waals surface area contributed by atoms with Crippen LogP contribution in [0.15, 0.2) is 30.3 Å². The first kappa shape index (κ1) is 20.5. The summed E-state index contributed by atoms with van der Waals surface area (Å²) in [6.45, 7) is 7.44. The molecule has 0 bridgehead atoms. The molecule has 0 saturated heterocycles. The van der Waals surface area contributed by atoms with Crippen molar-refractivity contribution in [2.75, 3.05) is 19.6 Å². The molecule has 0 aliphatic carbocycles. The first-order valence-corrected chi connectivity index (χ1v) is 10.1. The SMILES string of the molecule is Cc1nc2ccc(CCN3CC=C(c4cc(F)c(F)c(C)c4F)CC3)cc2nc1C. The molecule has 4 rings (SSSR count). The van der Waals surface area contributed by atoms with Crippen LogP contribution in [0.1, 0.15) is 34.5 Å². The van der Waals surface area contributed by atoms with Gasteiger partial charge in [0.25, 0.3) is 0 Å². The zero-order valence-corrected chi connectivity index (χ0v) is 17.4. The Bertz CT molecular complexity index is 1150. The molecule has 0 atom stereocenters. The van der Waals surface area contributed by atoms with Crippen molar-refractivity contribution in [3.63, 3.8) is 0 Å². The van der Waals surface area contributed by atoms with Gasteiger partial charge >= 0.3 is 0 Å². The number of hydrogen-bond acceptors (Lipinski definition) is 3. The summed E-state index contributed by atoms with van der Waals surface area (Å²) >= 11 is 0. The summed E-state index contributed by atoms with van der Waals surface area (Å²) in [6.07, 6.45) is 3.38. The van der Waals surface area contributed by atoms with Crippen LogP contribution in [-0.4, -0.2) is 34.5 Å². The summed E-state index contributed by atoms with van der Waals surface area (Å²) < 4.78 is 41.7. The van der Waals surface area contributed by atoms with E-state index in [9.17, 15) is 13.2 Å². The number of hydrogen-bond donors (Lipinski definition) is 0. The van der Waals surface area contributed by atoms with E-state index in [1.54, 1.807) is 0 Å². The minimum atomic E-state index is -1.11. The van der Waals surface area contributed by atoms with Gasteiger partial charge in [0.1, 0.15) is 5.82 Å². The van der Waals surface area contributed by atoms with E-state index in [1.165, 1.54) is 12.5 Å².